The first-order valence-electron chi connectivity index (χ1n) is 10.3. The van der Waals surface area contributed by atoms with Crippen LogP contribution in [0.4, 0.5) is 4.39 Å². The van der Waals surface area contributed by atoms with Crippen LogP contribution in [0.5, 0.6) is 5.75 Å². The van der Waals surface area contributed by atoms with Gasteiger partial charge in [-0.2, -0.15) is 0 Å². The fourth-order valence-corrected chi connectivity index (χ4v) is 4.35. The molecule has 4 rings (SSSR count). The molecule has 0 unspecified atom stereocenters. The number of piperidine rings is 1. The van der Waals surface area contributed by atoms with E-state index in [-0.39, 0.29) is 5.39 Å². The van der Waals surface area contributed by atoms with Gasteiger partial charge >= 0.3 is 0 Å². The first kappa shape index (κ1) is 19.6. The number of halogens is 2. The fourth-order valence-electron chi connectivity index (χ4n) is 4.11. The second-order valence-corrected chi connectivity index (χ2v) is 8.48. The number of nitrogens with zero attached hydrogens (tertiary/aromatic N) is 2. The number of benzene rings is 1. The quantitative estimate of drug-likeness (QED) is 0.710. The Hall–Kier alpha value is -1.66. The summed E-state index contributed by atoms with van der Waals surface area (Å²) in [5, 5.41) is 0.0130. The molecule has 1 saturated heterocycles. The number of nitrogens with one attached hydrogen (secondary N) is 1. The average Bonchev–Trinajstić information content (AvgIpc) is 2.64. The summed E-state index contributed by atoms with van der Waals surface area (Å²) < 4.78 is 20.4. The average molecular weight is 408 g/mol. The summed E-state index contributed by atoms with van der Waals surface area (Å²) in [4.78, 5) is 21.9. The molecule has 0 radical (unpaired) electrons. The Morgan fingerprint density at radius 3 is 2.68 bits per heavy atom. The molecule has 2 heterocycles. The van der Waals surface area contributed by atoms with Crippen LogP contribution in [0.1, 0.15) is 37.9 Å². The van der Waals surface area contributed by atoms with E-state index in [2.05, 4.69) is 14.9 Å². The number of rotatable bonds is 7. The van der Waals surface area contributed by atoms with Gasteiger partial charge in [-0.25, -0.2) is 9.37 Å². The van der Waals surface area contributed by atoms with Crippen molar-refractivity contribution in [1.29, 1.82) is 0 Å². The molecule has 2 fully saturated rings. The third kappa shape index (κ3) is 4.49. The van der Waals surface area contributed by atoms with Gasteiger partial charge in [0, 0.05) is 31.0 Å². The predicted octanol–water partition coefficient (Wildman–Crippen LogP) is 3.73. The monoisotopic (exact) mass is 407 g/mol. The minimum Gasteiger partial charge on any atom is -0.493 e. The third-order valence-corrected chi connectivity index (χ3v) is 6.25. The van der Waals surface area contributed by atoms with E-state index in [1.807, 2.05) is 0 Å². The van der Waals surface area contributed by atoms with Gasteiger partial charge in [0.1, 0.15) is 22.8 Å². The van der Waals surface area contributed by atoms with Crippen molar-refractivity contribution in [2.45, 2.75) is 38.5 Å². The second-order valence-electron chi connectivity index (χ2n) is 8.10. The first-order valence-corrected chi connectivity index (χ1v) is 10.8. The van der Waals surface area contributed by atoms with Crippen LogP contribution in [-0.4, -0.2) is 47.0 Å². The van der Waals surface area contributed by atoms with Crippen LogP contribution in [0.2, 0.25) is 0 Å². The number of alkyl halides is 1. The molecule has 7 heteroatoms. The van der Waals surface area contributed by atoms with E-state index in [1.54, 1.807) is 6.07 Å². The maximum atomic E-state index is 14.5. The maximum absolute atomic E-state index is 14.5. The number of aromatic nitrogens is 2. The van der Waals surface area contributed by atoms with E-state index in [0.29, 0.717) is 41.4 Å². The largest absolute Gasteiger partial charge is 0.493 e. The number of hydrogen-bond donors (Lipinski definition) is 1. The number of H-pyrrole nitrogens is 1. The molecule has 0 bridgehead atoms. The summed E-state index contributed by atoms with van der Waals surface area (Å²) in [6.07, 6.45) is 6.43. The molecule has 0 amide bonds. The van der Waals surface area contributed by atoms with Gasteiger partial charge in [-0.15, -0.1) is 11.6 Å². The zero-order valence-electron chi connectivity index (χ0n) is 16.1. The van der Waals surface area contributed by atoms with Crippen molar-refractivity contribution in [3.63, 3.8) is 0 Å². The Balaban J connectivity index is 1.44. The number of fused-ring (bicyclic) bond motifs is 1. The van der Waals surface area contributed by atoms with Gasteiger partial charge in [0.05, 0.1) is 12.1 Å². The van der Waals surface area contributed by atoms with Crippen molar-refractivity contribution in [2.75, 3.05) is 32.1 Å². The Kier molecular flexibility index (Phi) is 6.16. The molecule has 2 aliphatic rings. The van der Waals surface area contributed by atoms with Crippen LogP contribution in [0.25, 0.3) is 10.9 Å². The summed E-state index contributed by atoms with van der Waals surface area (Å²) in [5.74, 6) is 2.20. The minimum absolute atomic E-state index is 0.0130. The molecule has 1 saturated carbocycles. The Bertz CT molecular complexity index is 876. The lowest BCUT2D eigenvalue weighted by Crippen LogP contribution is -2.36. The smallest absolute Gasteiger partial charge is 0.261 e. The molecule has 1 aliphatic heterocycles. The van der Waals surface area contributed by atoms with Crippen LogP contribution in [-0.2, 0) is 6.42 Å². The molecule has 0 atom stereocenters. The van der Waals surface area contributed by atoms with Gasteiger partial charge in [-0.3, -0.25) is 4.79 Å². The number of ether oxygens (including phenoxy) is 1. The molecule has 0 spiro atoms. The predicted molar refractivity (Wildman–Crippen MR) is 109 cm³/mol. The van der Waals surface area contributed by atoms with E-state index in [1.165, 1.54) is 25.3 Å². The molecule has 28 heavy (non-hydrogen) atoms. The van der Waals surface area contributed by atoms with Gasteiger partial charge in [-0.05, 0) is 37.8 Å². The lowest BCUT2D eigenvalue weighted by atomic mass is 9.83. The SMILES string of the molecule is O=c1[nH]c(CC2CCC2)nc2cc(OCC3CCN(CCCl)CC3)cc(F)c12. The van der Waals surface area contributed by atoms with Crippen LogP contribution in [0.15, 0.2) is 16.9 Å². The van der Waals surface area contributed by atoms with Crippen LogP contribution < -0.4 is 10.3 Å². The molecule has 5 nitrogen and oxygen atoms in total. The highest BCUT2D eigenvalue weighted by Gasteiger charge is 2.21. The van der Waals surface area contributed by atoms with Crippen molar-refractivity contribution in [3.8, 4) is 5.75 Å². The summed E-state index contributed by atoms with van der Waals surface area (Å²) in [6, 6.07) is 2.99. The van der Waals surface area contributed by atoms with Gasteiger partial charge < -0.3 is 14.6 Å². The fraction of sp³-hybridized carbons (Fsp3) is 0.619. The molecule has 1 aromatic carbocycles. The standard InChI is InChI=1S/C21H27ClFN3O2/c22-6-9-26-7-4-15(5-8-26)13-28-16-11-17(23)20-18(12-16)24-19(25-21(20)27)10-14-2-1-3-14/h11-12,14-15H,1-10,13H2,(H,24,25,27). The summed E-state index contributed by atoms with van der Waals surface area (Å²) >= 11 is 5.80. The molecule has 2 aromatic rings. The lowest BCUT2D eigenvalue weighted by molar-refractivity contribution is 0.146. The number of hydrogen-bond acceptors (Lipinski definition) is 4. The van der Waals surface area contributed by atoms with E-state index < -0.39 is 11.4 Å². The second kappa shape index (κ2) is 8.78. The Labute approximate surface area is 169 Å². The molecular formula is C21H27ClFN3O2. The highest BCUT2D eigenvalue weighted by atomic mass is 35.5. The lowest BCUT2D eigenvalue weighted by Gasteiger charge is -2.31. The van der Waals surface area contributed by atoms with Crippen LogP contribution >= 0.6 is 11.6 Å². The van der Waals surface area contributed by atoms with Crippen molar-refractivity contribution in [3.05, 3.63) is 34.1 Å². The summed E-state index contributed by atoms with van der Waals surface area (Å²) in [5.41, 5.74) is -0.0277. The van der Waals surface area contributed by atoms with Crippen molar-refractivity contribution in [1.82, 2.24) is 14.9 Å². The van der Waals surface area contributed by atoms with Gasteiger partial charge in [0.25, 0.3) is 5.56 Å². The van der Waals surface area contributed by atoms with Gasteiger partial charge in [0.15, 0.2) is 0 Å². The van der Waals surface area contributed by atoms with E-state index in [9.17, 15) is 9.18 Å². The minimum atomic E-state index is -0.576. The normalized spacial score (nSPS) is 19.1. The Morgan fingerprint density at radius 1 is 1.21 bits per heavy atom. The van der Waals surface area contributed by atoms with E-state index in [0.717, 1.165) is 38.9 Å². The Morgan fingerprint density at radius 2 is 2.00 bits per heavy atom. The number of likely N-dealkylation sites (tertiary alicyclic amines) is 1. The molecule has 1 aliphatic carbocycles. The number of aromatic amines is 1. The van der Waals surface area contributed by atoms with E-state index >= 15 is 0 Å². The van der Waals surface area contributed by atoms with Crippen molar-refractivity contribution < 1.29 is 9.13 Å². The summed E-state index contributed by atoms with van der Waals surface area (Å²) in [7, 11) is 0. The molecule has 1 N–H and O–H groups in total. The van der Waals surface area contributed by atoms with Crippen LogP contribution in [0.3, 0.4) is 0 Å². The first-order chi connectivity index (χ1) is 13.6. The molecule has 152 valence electrons. The maximum Gasteiger partial charge on any atom is 0.261 e. The highest BCUT2D eigenvalue weighted by molar-refractivity contribution is 6.18. The van der Waals surface area contributed by atoms with Crippen molar-refractivity contribution in [2.24, 2.45) is 11.8 Å². The van der Waals surface area contributed by atoms with E-state index in [4.69, 9.17) is 16.3 Å². The summed E-state index contributed by atoms with van der Waals surface area (Å²) in [6.45, 7) is 3.52. The molecular weight excluding hydrogens is 381 g/mol. The highest BCUT2D eigenvalue weighted by Crippen LogP contribution is 2.29. The topological polar surface area (TPSA) is 58.2 Å². The van der Waals surface area contributed by atoms with Gasteiger partial charge in [-0.1, -0.05) is 19.3 Å². The van der Waals surface area contributed by atoms with Crippen LogP contribution in [0, 0.1) is 17.7 Å². The zero-order chi connectivity index (χ0) is 19.5. The molecule has 1 aromatic heterocycles. The van der Waals surface area contributed by atoms with Gasteiger partial charge in [0.2, 0.25) is 0 Å². The zero-order valence-corrected chi connectivity index (χ0v) is 16.8. The third-order valence-electron chi connectivity index (χ3n) is 6.08. The van der Waals surface area contributed by atoms with Crippen molar-refractivity contribution >= 4 is 22.5 Å².